The number of amides is 1. The van der Waals surface area contributed by atoms with Crippen molar-refractivity contribution in [1.82, 2.24) is 4.90 Å². The van der Waals surface area contributed by atoms with Crippen LogP contribution in [0.1, 0.15) is 17.2 Å². The van der Waals surface area contributed by atoms with Crippen molar-refractivity contribution in [2.45, 2.75) is 6.10 Å². The van der Waals surface area contributed by atoms with Crippen LogP contribution in [0.15, 0.2) is 71.2 Å². The van der Waals surface area contributed by atoms with Crippen LogP contribution in [0.25, 0.3) is 6.08 Å². The number of thiocarbonyl (C=S) groups is 1. The largest absolute Gasteiger partial charge is 0.480 e. The topological polar surface area (TPSA) is 38.8 Å². The van der Waals surface area contributed by atoms with E-state index in [1.54, 1.807) is 12.0 Å². The van der Waals surface area contributed by atoms with Crippen LogP contribution in [-0.2, 0) is 9.53 Å². The summed E-state index contributed by atoms with van der Waals surface area (Å²) < 4.78 is 11.9. The average Bonchev–Trinajstić information content (AvgIpc) is 2.99. The van der Waals surface area contributed by atoms with Gasteiger partial charge in [0.15, 0.2) is 0 Å². The second-order valence-corrected chi connectivity index (χ2v) is 8.09. The molecule has 6 heteroatoms. The summed E-state index contributed by atoms with van der Waals surface area (Å²) in [4.78, 5) is 15.0. The number of ether oxygens (including phenoxy) is 2. The van der Waals surface area contributed by atoms with Crippen LogP contribution in [-0.4, -0.2) is 35.4 Å². The molecule has 4 rings (SSSR count). The van der Waals surface area contributed by atoms with E-state index in [0.717, 1.165) is 22.4 Å². The van der Waals surface area contributed by atoms with Gasteiger partial charge in [0.25, 0.3) is 5.91 Å². The van der Waals surface area contributed by atoms with E-state index in [9.17, 15) is 4.79 Å². The third-order valence-corrected chi connectivity index (χ3v) is 5.96. The van der Waals surface area contributed by atoms with Crippen LogP contribution in [0.2, 0.25) is 0 Å². The lowest BCUT2D eigenvalue weighted by atomic mass is 9.95. The smallest absolute Gasteiger partial charge is 0.266 e. The first-order valence-corrected chi connectivity index (χ1v) is 10.2. The predicted octanol–water partition coefficient (Wildman–Crippen LogP) is 4.59. The number of para-hydroxylation sites is 1. The fourth-order valence-electron chi connectivity index (χ4n) is 3.19. The molecule has 2 aliphatic heterocycles. The fraction of sp³-hybridized carbons (Fsp3) is 0.182. The number of carbonyl (C=O) groups excluding carboxylic acids is 1. The van der Waals surface area contributed by atoms with Crippen molar-refractivity contribution in [1.29, 1.82) is 0 Å². The predicted molar refractivity (Wildman–Crippen MR) is 116 cm³/mol. The first-order chi connectivity index (χ1) is 13.7. The van der Waals surface area contributed by atoms with E-state index < -0.39 is 0 Å². The Kier molecular flexibility index (Phi) is 5.62. The molecule has 0 aliphatic carbocycles. The molecule has 28 heavy (non-hydrogen) atoms. The zero-order chi connectivity index (χ0) is 19.5. The quantitative estimate of drug-likeness (QED) is 0.533. The Labute approximate surface area is 173 Å². The molecule has 0 bridgehead atoms. The highest BCUT2D eigenvalue weighted by molar-refractivity contribution is 8.26. The van der Waals surface area contributed by atoms with Crippen molar-refractivity contribution in [2.24, 2.45) is 0 Å². The minimum atomic E-state index is -0.279. The molecule has 0 N–H and O–H groups in total. The van der Waals surface area contributed by atoms with Gasteiger partial charge in [0.2, 0.25) is 0 Å². The minimum absolute atomic E-state index is 0.0846. The van der Waals surface area contributed by atoms with E-state index in [-0.39, 0.29) is 12.0 Å². The fourth-order valence-corrected chi connectivity index (χ4v) is 4.50. The Hall–Kier alpha value is -2.41. The molecule has 1 atom stereocenters. The third-order valence-electron chi connectivity index (χ3n) is 4.58. The van der Waals surface area contributed by atoms with E-state index in [1.807, 2.05) is 60.7 Å². The van der Waals surface area contributed by atoms with Crippen molar-refractivity contribution in [2.75, 3.05) is 20.3 Å². The van der Waals surface area contributed by atoms with Gasteiger partial charge in [-0.3, -0.25) is 9.69 Å². The minimum Gasteiger partial charge on any atom is -0.480 e. The second kappa shape index (κ2) is 8.31. The summed E-state index contributed by atoms with van der Waals surface area (Å²) in [6.45, 7) is 0.907. The maximum absolute atomic E-state index is 12.8. The van der Waals surface area contributed by atoms with E-state index in [2.05, 4.69) is 6.08 Å². The number of methoxy groups -OCH3 is 1. The monoisotopic (exact) mass is 409 g/mol. The molecule has 1 amide bonds. The number of hydrogen-bond donors (Lipinski definition) is 0. The molecule has 142 valence electrons. The van der Waals surface area contributed by atoms with Crippen molar-refractivity contribution >= 4 is 40.3 Å². The molecule has 1 saturated heterocycles. The lowest BCUT2D eigenvalue weighted by Gasteiger charge is -2.26. The third kappa shape index (κ3) is 3.76. The maximum Gasteiger partial charge on any atom is 0.266 e. The number of nitrogens with zero attached hydrogens (tertiary/aromatic N) is 1. The number of thioether (sulfide) groups is 1. The molecule has 0 aromatic heterocycles. The molecule has 0 radical (unpaired) electrons. The molecule has 0 saturated carbocycles. The van der Waals surface area contributed by atoms with Gasteiger partial charge in [-0.15, -0.1) is 0 Å². The van der Waals surface area contributed by atoms with Gasteiger partial charge >= 0.3 is 0 Å². The van der Waals surface area contributed by atoms with Gasteiger partial charge in [0, 0.05) is 12.7 Å². The summed E-state index contributed by atoms with van der Waals surface area (Å²) in [6.07, 6.45) is 3.70. The number of fused-ring (bicyclic) bond motifs is 1. The molecule has 0 unspecified atom stereocenters. The first-order valence-electron chi connectivity index (χ1n) is 8.94. The lowest BCUT2D eigenvalue weighted by Crippen LogP contribution is -2.31. The molecule has 2 aliphatic rings. The molecule has 1 fully saturated rings. The summed E-state index contributed by atoms with van der Waals surface area (Å²) in [5, 5.41) is 0. The van der Waals surface area contributed by atoms with Crippen LogP contribution >= 0.6 is 24.0 Å². The van der Waals surface area contributed by atoms with Gasteiger partial charge in [0.1, 0.15) is 16.2 Å². The molecule has 2 aromatic carbocycles. The Morgan fingerprint density at radius 3 is 2.71 bits per heavy atom. The van der Waals surface area contributed by atoms with Crippen molar-refractivity contribution in [3.8, 4) is 5.75 Å². The second-order valence-electron chi connectivity index (χ2n) is 6.42. The van der Waals surface area contributed by atoms with Gasteiger partial charge in [-0.05, 0) is 29.4 Å². The van der Waals surface area contributed by atoms with Gasteiger partial charge in [0.05, 0.1) is 18.1 Å². The molecule has 2 aromatic rings. The van der Waals surface area contributed by atoms with Crippen molar-refractivity contribution in [3.05, 3.63) is 82.3 Å². The summed E-state index contributed by atoms with van der Waals surface area (Å²) in [7, 11) is 1.61. The van der Waals surface area contributed by atoms with E-state index in [1.165, 1.54) is 11.8 Å². The summed E-state index contributed by atoms with van der Waals surface area (Å²) in [6, 6.07) is 17.9. The number of rotatable bonds is 5. The van der Waals surface area contributed by atoms with E-state index in [0.29, 0.717) is 22.4 Å². The van der Waals surface area contributed by atoms with Crippen LogP contribution in [0.5, 0.6) is 5.75 Å². The Bertz CT molecular complexity index is 969. The number of carbonyl (C=O) groups is 1. The zero-order valence-electron chi connectivity index (χ0n) is 15.3. The Balaban J connectivity index is 1.71. The zero-order valence-corrected chi connectivity index (χ0v) is 17.0. The van der Waals surface area contributed by atoms with E-state index >= 15 is 0 Å². The van der Waals surface area contributed by atoms with Crippen LogP contribution in [0.4, 0.5) is 0 Å². The Morgan fingerprint density at radius 2 is 1.93 bits per heavy atom. The van der Waals surface area contributed by atoms with Crippen LogP contribution in [0.3, 0.4) is 0 Å². The SMILES string of the molecule is COCCN1C(=O)C(=CC2=Cc3ccccc3O[C@@H]2c2ccccc2)SC1=S. The van der Waals surface area contributed by atoms with Crippen LogP contribution < -0.4 is 4.74 Å². The molecule has 0 spiro atoms. The number of benzene rings is 2. The van der Waals surface area contributed by atoms with Gasteiger partial charge < -0.3 is 9.47 Å². The highest BCUT2D eigenvalue weighted by Gasteiger charge is 2.33. The van der Waals surface area contributed by atoms with E-state index in [4.69, 9.17) is 21.7 Å². The lowest BCUT2D eigenvalue weighted by molar-refractivity contribution is -0.122. The highest BCUT2D eigenvalue weighted by Crippen LogP contribution is 2.40. The molecular formula is C22H19NO3S2. The van der Waals surface area contributed by atoms with Gasteiger partial charge in [-0.1, -0.05) is 72.5 Å². The highest BCUT2D eigenvalue weighted by atomic mass is 32.2. The summed E-state index contributed by atoms with van der Waals surface area (Å²) in [5.41, 5.74) is 2.96. The normalized spacial score (nSPS) is 20.2. The van der Waals surface area contributed by atoms with Crippen LogP contribution in [0, 0.1) is 0 Å². The van der Waals surface area contributed by atoms with Crippen molar-refractivity contribution in [3.63, 3.8) is 0 Å². The van der Waals surface area contributed by atoms with Gasteiger partial charge in [-0.2, -0.15) is 0 Å². The molecule has 2 heterocycles. The standard InChI is InChI=1S/C22H19NO3S2/c1-25-12-11-23-21(24)19(28-22(23)27)14-17-13-16-9-5-6-10-18(16)26-20(17)15-7-3-2-4-8-15/h2-10,13-14,20H,11-12H2,1H3/t20-/m1/s1. The average molecular weight is 410 g/mol. The first kappa shape index (κ1) is 18.9. The summed E-state index contributed by atoms with van der Waals surface area (Å²) in [5.74, 6) is 0.750. The summed E-state index contributed by atoms with van der Waals surface area (Å²) >= 11 is 6.70. The molecular weight excluding hydrogens is 390 g/mol. The maximum atomic E-state index is 12.8. The molecule has 4 nitrogen and oxygen atoms in total. The van der Waals surface area contributed by atoms with Crippen molar-refractivity contribution < 1.29 is 14.3 Å². The Morgan fingerprint density at radius 1 is 1.18 bits per heavy atom. The van der Waals surface area contributed by atoms with Gasteiger partial charge in [-0.25, -0.2) is 0 Å². The number of hydrogen-bond acceptors (Lipinski definition) is 5.